The lowest BCUT2D eigenvalue weighted by atomic mass is 10.2. The molecule has 20 heavy (non-hydrogen) atoms. The lowest BCUT2D eigenvalue weighted by Crippen LogP contribution is -2.38. The molecule has 108 valence electrons. The minimum absolute atomic E-state index is 0.118. The first-order valence-corrected chi connectivity index (χ1v) is 6.37. The maximum absolute atomic E-state index is 10.9. The third-order valence-corrected chi connectivity index (χ3v) is 3.10. The van der Waals surface area contributed by atoms with Crippen molar-refractivity contribution in [3.63, 3.8) is 0 Å². The first-order chi connectivity index (χ1) is 9.70. The van der Waals surface area contributed by atoms with Crippen LogP contribution in [0.15, 0.2) is 18.2 Å². The number of carbonyl (C=O) groups excluding carboxylic acids is 1. The van der Waals surface area contributed by atoms with Crippen LogP contribution in [0.1, 0.15) is 10.4 Å². The van der Waals surface area contributed by atoms with Gasteiger partial charge in [0.2, 0.25) is 0 Å². The Hall–Kier alpha value is -1.99. The Kier molecular flexibility index (Phi) is 5.03. The molecule has 0 saturated carbocycles. The Morgan fingerprint density at radius 2 is 2.15 bits per heavy atom. The van der Waals surface area contributed by atoms with Crippen molar-refractivity contribution in [1.29, 1.82) is 0 Å². The van der Waals surface area contributed by atoms with Crippen LogP contribution in [0.5, 0.6) is 5.75 Å². The van der Waals surface area contributed by atoms with Crippen LogP contribution in [0.2, 0.25) is 0 Å². The second-order valence-electron chi connectivity index (χ2n) is 4.40. The van der Waals surface area contributed by atoms with E-state index in [0.717, 1.165) is 32.8 Å². The fourth-order valence-corrected chi connectivity index (χ4v) is 1.98. The first-order valence-electron chi connectivity index (χ1n) is 6.37. The van der Waals surface area contributed by atoms with Crippen LogP contribution in [0, 0.1) is 10.1 Å². The second kappa shape index (κ2) is 6.97. The molecule has 0 atom stereocenters. The minimum atomic E-state index is -0.537. The number of rotatable bonds is 6. The van der Waals surface area contributed by atoms with Crippen LogP contribution < -0.4 is 4.74 Å². The predicted octanol–water partition coefficient (Wildman–Crippen LogP) is 1.12. The maximum Gasteiger partial charge on any atom is 0.270 e. The number of carbonyl (C=O) groups is 1. The molecule has 1 aliphatic heterocycles. The lowest BCUT2D eigenvalue weighted by Gasteiger charge is -2.26. The number of nitrogens with zero attached hydrogens (tertiary/aromatic N) is 2. The van der Waals surface area contributed by atoms with Gasteiger partial charge in [-0.25, -0.2) is 0 Å². The van der Waals surface area contributed by atoms with Gasteiger partial charge in [0.15, 0.2) is 6.29 Å². The zero-order chi connectivity index (χ0) is 14.4. The summed E-state index contributed by atoms with van der Waals surface area (Å²) in [6.07, 6.45) is 0.567. The van der Waals surface area contributed by atoms with Gasteiger partial charge in [0.05, 0.1) is 23.7 Å². The summed E-state index contributed by atoms with van der Waals surface area (Å²) in [5, 5.41) is 10.6. The van der Waals surface area contributed by atoms with Crippen LogP contribution >= 0.6 is 0 Å². The quantitative estimate of drug-likeness (QED) is 0.441. The molecule has 2 rings (SSSR count). The SMILES string of the molecule is O=Cc1cc([N+](=O)[O-])ccc1OCCN1CCOCC1. The zero-order valence-electron chi connectivity index (χ0n) is 11.0. The molecular weight excluding hydrogens is 264 g/mol. The second-order valence-corrected chi connectivity index (χ2v) is 4.40. The molecule has 0 aliphatic carbocycles. The minimum Gasteiger partial charge on any atom is -0.491 e. The summed E-state index contributed by atoms with van der Waals surface area (Å²) in [7, 11) is 0. The third kappa shape index (κ3) is 3.75. The number of benzene rings is 1. The van der Waals surface area contributed by atoms with Gasteiger partial charge in [-0.3, -0.25) is 19.8 Å². The summed E-state index contributed by atoms with van der Waals surface area (Å²) in [6, 6.07) is 4.01. The first kappa shape index (κ1) is 14.4. The van der Waals surface area contributed by atoms with Gasteiger partial charge in [-0.1, -0.05) is 0 Å². The normalized spacial score (nSPS) is 15.8. The van der Waals surface area contributed by atoms with Gasteiger partial charge >= 0.3 is 0 Å². The molecule has 7 heteroatoms. The van der Waals surface area contributed by atoms with E-state index >= 15 is 0 Å². The Morgan fingerprint density at radius 3 is 2.80 bits per heavy atom. The fraction of sp³-hybridized carbons (Fsp3) is 0.462. The highest BCUT2D eigenvalue weighted by Gasteiger charge is 2.13. The summed E-state index contributed by atoms with van der Waals surface area (Å²) in [5.74, 6) is 0.374. The van der Waals surface area contributed by atoms with Gasteiger partial charge < -0.3 is 9.47 Å². The average molecular weight is 280 g/mol. The number of non-ortho nitro benzene ring substituents is 1. The van der Waals surface area contributed by atoms with Gasteiger partial charge in [-0.2, -0.15) is 0 Å². The van der Waals surface area contributed by atoms with Crippen LogP contribution in [0.3, 0.4) is 0 Å². The molecule has 0 radical (unpaired) electrons. The van der Waals surface area contributed by atoms with E-state index in [4.69, 9.17) is 9.47 Å². The van der Waals surface area contributed by atoms with E-state index in [2.05, 4.69) is 4.90 Å². The van der Waals surface area contributed by atoms with E-state index in [1.54, 1.807) is 0 Å². The molecule has 1 aromatic rings. The number of morpholine rings is 1. The Balaban J connectivity index is 1.91. The topological polar surface area (TPSA) is 81.9 Å². The van der Waals surface area contributed by atoms with E-state index in [1.165, 1.54) is 18.2 Å². The van der Waals surface area contributed by atoms with E-state index in [-0.39, 0.29) is 11.3 Å². The summed E-state index contributed by atoms with van der Waals surface area (Å²) < 4.78 is 10.8. The largest absolute Gasteiger partial charge is 0.491 e. The van der Waals surface area contributed by atoms with Crippen LogP contribution in [-0.2, 0) is 4.74 Å². The van der Waals surface area contributed by atoms with Gasteiger partial charge in [0.25, 0.3) is 5.69 Å². The van der Waals surface area contributed by atoms with E-state index in [9.17, 15) is 14.9 Å². The van der Waals surface area contributed by atoms with Gasteiger partial charge in [-0.15, -0.1) is 0 Å². The molecule has 0 unspecified atom stereocenters. The molecule has 0 amide bonds. The van der Waals surface area contributed by atoms with E-state index < -0.39 is 4.92 Å². The van der Waals surface area contributed by atoms with Crippen LogP contribution in [-0.4, -0.2) is 55.6 Å². The molecule has 0 bridgehead atoms. The third-order valence-electron chi connectivity index (χ3n) is 3.10. The standard InChI is InChI=1S/C13H16N2O5/c16-10-11-9-12(15(17)18)1-2-13(11)20-8-5-14-3-6-19-7-4-14/h1-2,9-10H,3-8H2. The number of aldehydes is 1. The Bertz CT molecular complexity index is 486. The number of nitro groups is 1. The summed E-state index contributed by atoms with van der Waals surface area (Å²) in [4.78, 5) is 23.2. The van der Waals surface area contributed by atoms with Crippen molar-refractivity contribution in [3.05, 3.63) is 33.9 Å². The van der Waals surface area contributed by atoms with Gasteiger partial charge in [-0.05, 0) is 6.07 Å². The van der Waals surface area contributed by atoms with E-state index in [1.807, 2.05) is 0 Å². The average Bonchev–Trinajstić information content (AvgIpc) is 2.48. The maximum atomic E-state index is 10.9. The molecule has 1 aliphatic rings. The smallest absolute Gasteiger partial charge is 0.270 e. The van der Waals surface area contributed by atoms with Crippen molar-refractivity contribution in [3.8, 4) is 5.75 Å². The highest BCUT2D eigenvalue weighted by Crippen LogP contribution is 2.22. The molecule has 0 spiro atoms. The molecule has 0 N–H and O–H groups in total. The van der Waals surface area contributed by atoms with Crippen molar-refractivity contribution in [2.75, 3.05) is 39.5 Å². The van der Waals surface area contributed by atoms with Gasteiger partial charge in [0.1, 0.15) is 12.4 Å². The lowest BCUT2D eigenvalue weighted by molar-refractivity contribution is -0.384. The summed E-state index contributed by atoms with van der Waals surface area (Å²) in [6.45, 7) is 4.33. The predicted molar refractivity (Wildman–Crippen MR) is 71.2 cm³/mol. The van der Waals surface area contributed by atoms with Crippen molar-refractivity contribution in [2.45, 2.75) is 0 Å². The number of nitro benzene ring substituents is 1. The molecule has 1 heterocycles. The highest BCUT2D eigenvalue weighted by molar-refractivity contribution is 5.80. The van der Waals surface area contributed by atoms with Crippen molar-refractivity contribution in [2.24, 2.45) is 0 Å². The number of hydrogen-bond acceptors (Lipinski definition) is 6. The molecule has 1 fully saturated rings. The van der Waals surface area contributed by atoms with E-state index in [0.29, 0.717) is 18.6 Å². The monoisotopic (exact) mass is 280 g/mol. The molecule has 1 saturated heterocycles. The van der Waals surface area contributed by atoms with Gasteiger partial charge in [0, 0.05) is 31.8 Å². The van der Waals surface area contributed by atoms with Crippen molar-refractivity contribution < 1.29 is 19.2 Å². The molecule has 1 aromatic carbocycles. The molecular formula is C13H16N2O5. The number of hydrogen-bond donors (Lipinski definition) is 0. The molecule has 7 nitrogen and oxygen atoms in total. The van der Waals surface area contributed by atoms with Crippen molar-refractivity contribution in [1.82, 2.24) is 4.90 Å². The zero-order valence-corrected chi connectivity index (χ0v) is 11.0. The highest BCUT2D eigenvalue weighted by atomic mass is 16.6. The molecule has 0 aromatic heterocycles. The van der Waals surface area contributed by atoms with Crippen LogP contribution in [0.25, 0.3) is 0 Å². The Morgan fingerprint density at radius 1 is 1.40 bits per heavy atom. The fourth-order valence-electron chi connectivity index (χ4n) is 1.98. The van der Waals surface area contributed by atoms with Crippen molar-refractivity contribution >= 4 is 12.0 Å². The summed E-state index contributed by atoms with van der Waals surface area (Å²) in [5.41, 5.74) is 0.0776. The Labute approximate surface area is 116 Å². The summed E-state index contributed by atoms with van der Waals surface area (Å²) >= 11 is 0. The number of ether oxygens (including phenoxy) is 2. The van der Waals surface area contributed by atoms with Crippen LogP contribution in [0.4, 0.5) is 5.69 Å².